The van der Waals surface area contributed by atoms with E-state index in [0.29, 0.717) is 0 Å². The van der Waals surface area contributed by atoms with Crippen LogP contribution in [0.3, 0.4) is 0 Å². The van der Waals surface area contributed by atoms with E-state index in [1.807, 2.05) is 0 Å². The first-order chi connectivity index (χ1) is 7.94. The molecule has 0 amide bonds. The molecule has 9 heteroatoms. The summed E-state index contributed by atoms with van der Waals surface area (Å²) in [7, 11) is -3.83. The number of aliphatic carboxylic acids is 1. The second-order valence-electron chi connectivity index (χ2n) is 3.54. The van der Waals surface area contributed by atoms with E-state index in [4.69, 9.17) is 5.11 Å². The van der Waals surface area contributed by atoms with Crippen LogP contribution >= 0.6 is 11.8 Å². The number of nitrogens with zero attached hydrogens (tertiary/aromatic N) is 2. The highest BCUT2D eigenvalue weighted by molar-refractivity contribution is 8.01. The van der Waals surface area contributed by atoms with Crippen LogP contribution in [0.1, 0.15) is 6.92 Å². The summed E-state index contributed by atoms with van der Waals surface area (Å²) < 4.78 is 25.4. The van der Waals surface area contributed by atoms with Crippen LogP contribution < -0.4 is 0 Å². The molecule has 0 saturated carbocycles. The number of rotatable bonds is 3. The number of nitrogens with one attached hydrogen (secondary N) is 1. The summed E-state index contributed by atoms with van der Waals surface area (Å²) >= 11 is 1.30. The van der Waals surface area contributed by atoms with Gasteiger partial charge in [0.05, 0.1) is 11.6 Å². The lowest BCUT2D eigenvalue weighted by atomic mass is 10.3. The molecule has 1 saturated heterocycles. The summed E-state index contributed by atoms with van der Waals surface area (Å²) in [5.41, 5.74) is 0. The average molecular weight is 277 g/mol. The standard InChI is InChI=1S/C8H11N3O4S2/c1-5-11(6(4-16-5)8(12)13)17(14,15)7-2-3-9-10-7/h2-3,5-6H,4H2,1H3,(H,9,10)(H,12,13). The zero-order chi connectivity index (χ0) is 12.6. The number of thioether (sulfide) groups is 1. The lowest BCUT2D eigenvalue weighted by Gasteiger charge is -2.22. The van der Waals surface area contributed by atoms with E-state index in [-0.39, 0.29) is 10.8 Å². The van der Waals surface area contributed by atoms with E-state index in [0.717, 1.165) is 4.31 Å². The predicted octanol–water partition coefficient (Wildman–Crippen LogP) is -0.0536. The van der Waals surface area contributed by atoms with E-state index in [9.17, 15) is 13.2 Å². The molecular weight excluding hydrogens is 266 g/mol. The van der Waals surface area contributed by atoms with Gasteiger partial charge < -0.3 is 5.11 Å². The number of hydrogen-bond acceptors (Lipinski definition) is 5. The van der Waals surface area contributed by atoms with Crippen molar-refractivity contribution in [3.8, 4) is 0 Å². The zero-order valence-corrected chi connectivity index (χ0v) is 10.5. The van der Waals surface area contributed by atoms with Crippen molar-refractivity contribution in [2.75, 3.05) is 5.75 Å². The molecule has 2 heterocycles. The lowest BCUT2D eigenvalue weighted by molar-refractivity contribution is -0.140. The van der Waals surface area contributed by atoms with Crippen LogP contribution in [0, 0.1) is 0 Å². The second kappa shape index (κ2) is 4.31. The van der Waals surface area contributed by atoms with Crippen molar-refractivity contribution < 1.29 is 18.3 Å². The van der Waals surface area contributed by atoms with Gasteiger partial charge in [0.15, 0.2) is 5.03 Å². The Balaban J connectivity index is 2.41. The molecule has 0 spiro atoms. The molecule has 1 aliphatic heterocycles. The van der Waals surface area contributed by atoms with E-state index in [2.05, 4.69) is 10.2 Å². The molecule has 7 nitrogen and oxygen atoms in total. The number of carboxylic acid groups (broad SMARTS) is 1. The van der Waals surface area contributed by atoms with E-state index in [1.165, 1.54) is 24.0 Å². The van der Waals surface area contributed by atoms with Crippen molar-refractivity contribution in [1.29, 1.82) is 0 Å². The maximum absolute atomic E-state index is 12.2. The molecule has 0 aromatic carbocycles. The molecule has 1 aliphatic rings. The van der Waals surface area contributed by atoms with Crippen LogP contribution in [0.4, 0.5) is 0 Å². The van der Waals surface area contributed by atoms with Crippen molar-refractivity contribution in [1.82, 2.24) is 14.5 Å². The first-order valence-corrected chi connectivity index (χ1v) is 7.31. The van der Waals surface area contributed by atoms with Crippen LogP contribution in [0.15, 0.2) is 17.3 Å². The minimum Gasteiger partial charge on any atom is -0.480 e. The average Bonchev–Trinajstić information content (AvgIpc) is 2.84. The Morgan fingerprint density at radius 1 is 1.71 bits per heavy atom. The van der Waals surface area contributed by atoms with Gasteiger partial charge in [0, 0.05) is 5.75 Å². The topological polar surface area (TPSA) is 103 Å². The summed E-state index contributed by atoms with van der Waals surface area (Å²) in [5.74, 6) is -0.880. The highest BCUT2D eigenvalue weighted by Crippen LogP contribution is 2.33. The molecule has 2 atom stereocenters. The van der Waals surface area contributed by atoms with Gasteiger partial charge in [-0.3, -0.25) is 9.89 Å². The molecule has 0 aliphatic carbocycles. The van der Waals surface area contributed by atoms with Crippen LogP contribution in [-0.4, -0.2) is 51.2 Å². The Bertz CT molecular complexity index is 513. The fraction of sp³-hybridized carbons (Fsp3) is 0.500. The van der Waals surface area contributed by atoms with E-state index in [1.54, 1.807) is 6.92 Å². The minimum absolute atomic E-state index is 0.0851. The number of sulfonamides is 1. The Kier molecular flexibility index (Phi) is 3.15. The van der Waals surface area contributed by atoms with E-state index < -0.39 is 27.4 Å². The molecule has 1 aromatic rings. The molecule has 2 rings (SSSR count). The molecule has 1 fully saturated rings. The monoisotopic (exact) mass is 277 g/mol. The van der Waals surface area contributed by atoms with Crippen LogP contribution in [0.5, 0.6) is 0 Å². The Labute approximate surface area is 102 Å². The summed E-state index contributed by atoms with van der Waals surface area (Å²) in [4.78, 5) is 11.0. The molecular formula is C8H11N3O4S2. The normalized spacial score (nSPS) is 26.2. The Hall–Kier alpha value is -1.06. The maximum Gasteiger partial charge on any atom is 0.322 e. The Morgan fingerprint density at radius 3 is 2.94 bits per heavy atom. The maximum atomic E-state index is 12.2. The number of hydrogen-bond donors (Lipinski definition) is 2. The third-order valence-corrected chi connectivity index (χ3v) is 5.74. The Morgan fingerprint density at radius 2 is 2.41 bits per heavy atom. The number of aromatic amines is 1. The second-order valence-corrected chi connectivity index (χ2v) is 6.70. The van der Waals surface area contributed by atoms with Crippen molar-refractivity contribution in [2.45, 2.75) is 23.4 Å². The summed E-state index contributed by atoms with van der Waals surface area (Å²) in [5, 5.41) is 14.5. The third kappa shape index (κ3) is 2.05. The zero-order valence-electron chi connectivity index (χ0n) is 8.90. The molecule has 2 unspecified atom stereocenters. The van der Waals surface area contributed by atoms with Crippen LogP contribution in [0.2, 0.25) is 0 Å². The highest BCUT2D eigenvalue weighted by atomic mass is 32.2. The first kappa shape index (κ1) is 12.4. The number of carbonyl (C=O) groups is 1. The largest absolute Gasteiger partial charge is 0.480 e. The fourth-order valence-electron chi connectivity index (χ4n) is 1.67. The fourth-order valence-corrected chi connectivity index (χ4v) is 4.87. The van der Waals surface area contributed by atoms with Gasteiger partial charge in [-0.1, -0.05) is 0 Å². The summed E-state index contributed by atoms with van der Waals surface area (Å²) in [6, 6.07) is 0.285. The first-order valence-electron chi connectivity index (χ1n) is 4.82. The third-order valence-electron chi connectivity index (χ3n) is 2.48. The van der Waals surface area contributed by atoms with Gasteiger partial charge in [0.2, 0.25) is 0 Å². The van der Waals surface area contributed by atoms with Gasteiger partial charge in [-0.05, 0) is 13.0 Å². The summed E-state index contributed by atoms with van der Waals surface area (Å²) in [6.07, 6.45) is 1.32. The van der Waals surface area contributed by atoms with Crippen molar-refractivity contribution in [3.05, 3.63) is 12.3 Å². The number of carboxylic acids is 1. The van der Waals surface area contributed by atoms with Crippen molar-refractivity contribution in [2.24, 2.45) is 0 Å². The smallest absolute Gasteiger partial charge is 0.322 e. The van der Waals surface area contributed by atoms with Gasteiger partial charge in [0.1, 0.15) is 6.04 Å². The van der Waals surface area contributed by atoms with Gasteiger partial charge in [-0.2, -0.15) is 9.40 Å². The SMILES string of the molecule is CC1SCC(C(=O)O)N1S(=O)(=O)c1ccn[nH]1. The van der Waals surface area contributed by atoms with E-state index >= 15 is 0 Å². The van der Waals surface area contributed by atoms with Crippen LogP contribution in [0.25, 0.3) is 0 Å². The molecule has 2 N–H and O–H groups in total. The summed E-state index contributed by atoms with van der Waals surface area (Å²) in [6.45, 7) is 1.67. The molecule has 17 heavy (non-hydrogen) atoms. The molecule has 1 aromatic heterocycles. The van der Waals surface area contributed by atoms with Gasteiger partial charge in [0.25, 0.3) is 10.0 Å². The lowest BCUT2D eigenvalue weighted by Crippen LogP contribution is -2.44. The predicted molar refractivity (Wildman–Crippen MR) is 61.0 cm³/mol. The van der Waals surface area contributed by atoms with Gasteiger partial charge >= 0.3 is 5.97 Å². The minimum atomic E-state index is -3.83. The van der Waals surface area contributed by atoms with Crippen LogP contribution in [-0.2, 0) is 14.8 Å². The van der Waals surface area contributed by atoms with Crippen molar-refractivity contribution >= 4 is 27.8 Å². The van der Waals surface area contributed by atoms with Gasteiger partial charge in [-0.25, -0.2) is 8.42 Å². The number of aromatic nitrogens is 2. The number of H-pyrrole nitrogens is 1. The van der Waals surface area contributed by atoms with Crippen molar-refractivity contribution in [3.63, 3.8) is 0 Å². The molecule has 0 bridgehead atoms. The van der Waals surface area contributed by atoms with Gasteiger partial charge in [-0.15, -0.1) is 11.8 Å². The quantitative estimate of drug-likeness (QED) is 0.802. The molecule has 94 valence electrons. The molecule has 0 radical (unpaired) electrons. The highest BCUT2D eigenvalue weighted by Gasteiger charge is 2.44.